The van der Waals surface area contributed by atoms with Crippen molar-refractivity contribution in [3.05, 3.63) is 12.2 Å². The van der Waals surface area contributed by atoms with Gasteiger partial charge < -0.3 is 50.8 Å². The molecule has 41 heavy (non-hydrogen) atoms. The molecule has 1 spiro atoms. The summed E-state index contributed by atoms with van der Waals surface area (Å²) in [5, 5.41) is 65.0. The molecular weight excluding hydrogens is 536 g/mol. The number of aliphatic hydroxyl groups excluding tert-OH is 4. The number of carbonyl (C=O) groups excluding carboxylic acids is 1. The van der Waals surface area contributed by atoms with Crippen molar-refractivity contribution in [3.63, 3.8) is 0 Å². The summed E-state index contributed by atoms with van der Waals surface area (Å²) in [5.74, 6) is -3.38. The Morgan fingerprint density at radius 2 is 1.78 bits per heavy atom. The van der Waals surface area contributed by atoms with Gasteiger partial charge in [-0.15, -0.1) is 0 Å². The quantitative estimate of drug-likeness (QED) is 0.163. The van der Waals surface area contributed by atoms with Crippen LogP contribution >= 0.6 is 0 Å². The van der Waals surface area contributed by atoms with E-state index in [1.54, 1.807) is 13.0 Å². The first kappa shape index (κ1) is 32.4. The van der Waals surface area contributed by atoms with Crippen LogP contribution in [0.1, 0.15) is 66.7 Å². The molecule has 4 aliphatic rings. The molecule has 3 heterocycles. The van der Waals surface area contributed by atoms with E-state index >= 15 is 0 Å². The number of ether oxygens (including phenoxy) is 3. The molecule has 0 bridgehead atoms. The molecule has 4 rings (SSSR count). The predicted octanol–water partition coefficient (Wildman–Crippen LogP) is 0.0701. The highest BCUT2D eigenvalue weighted by molar-refractivity contribution is 5.80. The molecule has 0 aromatic carbocycles. The van der Waals surface area contributed by atoms with Crippen molar-refractivity contribution in [1.29, 1.82) is 0 Å². The van der Waals surface area contributed by atoms with E-state index in [2.05, 4.69) is 15.5 Å². The van der Waals surface area contributed by atoms with Crippen LogP contribution in [0.2, 0.25) is 0 Å². The standard InChI is InChI=1S/C28H48N4O9/c1-13(2)6-7-17(40-26-24(36)22(29)23(35)15(5)39-26)8-20-21(25(37)30-16-9-27(10-16)31-32-27)19(34)12-28(38,41-20)11-18(33)14(3)4/h6-7,13-24,26,33-36,38H,8-12,29H2,1-5H3,(H,30,37)/b7-6+/t15?,17-,18+,19-,20-,21+,22?,23?,24?,26?,28+/m0/s1. The molecule has 13 heteroatoms. The second kappa shape index (κ2) is 12.6. The molecule has 3 aliphatic heterocycles. The number of hydrogen-bond donors (Lipinski definition) is 7. The highest BCUT2D eigenvalue weighted by Gasteiger charge is 2.55. The van der Waals surface area contributed by atoms with Gasteiger partial charge in [-0.25, -0.2) is 0 Å². The van der Waals surface area contributed by atoms with Gasteiger partial charge in [-0.1, -0.05) is 39.8 Å². The zero-order valence-electron chi connectivity index (χ0n) is 24.5. The summed E-state index contributed by atoms with van der Waals surface area (Å²) in [5.41, 5.74) is 5.64. The van der Waals surface area contributed by atoms with Crippen molar-refractivity contribution < 1.29 is 44.5 Å². The maximum Gasteiger partial charge on any atom is 0.228 e. The average Bonchev–Trinajstić information content (AvgIpc) is 3.64. The Bertz CT molecular complexity index is 966. The van der Waals surface area contributed by atoms with E-state index in [0.29, 0.717) is 12.8 Å². The average molecular weight is 585 g/mol. The van der Waals surface area contributed by atoms with E-state index < -0.39 is 72.7 Å². The Morgan fingerprint density at radius 3 is 2.37 bits per heavy atom. The van der Waals surface area contributed by atoms with Crippen LogP contribution in [0.3, 0.4) is 0 Å². The van der Waals surface area contributed by atoms with Gasteiger partial charge in [0.2, 0.25) is 5.91 Å². The van der Waals surface area contributed by atoms with Crippen molar-refractivity contribution in [2.24, 2.45) is 33.7 Å². The van der Waals surface area contributed by atoms with Gasteiger partial charge in [0.05, 0.1) is 48.6 Å². The zero-order valence-corrected chi connectivity index (χ0v) is 24.5. The van der Waals surface area contributed by atoms with Crippen LogP contribution in [0.5, 0.6) is 0 Å². The molecule has 5 unspecified atom stereocenters. The maximum atomic E-state index is 13.5. The first-order chi connectivity index (χ1) is 19.1. The van der Waals surface area contributed by atoms with Crippen LogP contribution in [0.15, 0.2) is 22.4 Å². The molecule has 0 aromatic heterocycles. The van der Waals surface area contributed by atoms with Crippen LogP contribution in [0.25, 0.3) is 0 Å². The molecule has 1 amide bonds. The fraction of sp³-hybridized carbons (Fsp3) is 0.893. The Morgan fingerprint density at radius 1 is 1.12 bits per heavy atom. The minimum absolute atomic E-state index is 0.0104. The lowest BCUT2D eigenvalue weighted by Gasteiger charge is -2.46. The zero-order chi connectivity index (χ0) is 30.3. The summed E-state index contributed by atoms with van der Waals surface area (Å²) >= 11 is 0. The van der Waals surface area contributed by atoms with E-state index in [0.717, 1.165) is 0 Å². The normalized spacial score (nSPS) is 40.2. The summed E-state index contributed by atoms with van der Waals surface area (Å²) in [4.78, 5) is 13.5. The second-order valence-electron chi connectivity index (χ2n) is 13.0. The summed E-state index contributed by atoms with van der Waals surface area (Å²) in [7, 11) is 0. The van der Waals surface area contributed by atoms with Gasteiger partial charge in [-0.05, 0) is 18.8 Å². The maximum absolute atomic E-state index is 13.5. The molecule has 0 aromatic rings. The number of amides is 1. The first-order valence-electron chi connectivity index (χ1n) is 14.7. The van der Waals surface area contributed by atoms with Crippen LogP contribution in [0, 0.1) is 17.8 Å². The smallest absolute Gasteiger partial charge is 0.228 e. The van der Waals surface area contributed by atoms with Crippen LogP contribution in [-0.4, -0.2) is 104 Å². The molecule has 3 fully saturated rings. The fourth-order valence-corrected chi connectivity index (χ4v) is 5.81. The third-order valence-corrected chi connectivity index (χ3v) is 8.57. The molecule has 0 radical (unpaired) electrons. The van der Waals surface area contributed by atoms with Gasteiger partial charge in [0.25, 0.3) is 0 Å². The van der Waals surface area contributed by atoms with Crippen LogP contribution in [0.4, 0.5) is 0 Å². The molecule has 1 saturated carbocycles. The topological polar surface area (TPSA) is 209 Å². The second-order valence-corrected chi connectivity index (χ2v) is 13.0. The SMILES string of the molecule is CC(C)/C=C/[C@@H](C[C@@H]1O[C@](O)(C[C@@H](O)C(C)C)C[C@H](O)[C@H]1C(=O)NC1CC2(C1)N=N2)OC1OC(C)C(O)C(N)C1O. The van der Waals surface area contributed by atoms with Gasteiger partial charge in [-0.2, -0.15) is 10.2 Å². The van der Waals surface area contributed by atoms with Crippen LogP contribution in [-0.2, 0) is 19.0 Å². The highest BCUT2D eigenvalue weighted by Crippen LogP contribution is 2.47. The van der Waals surface area contributed by atoms with E-state index in [-0.39, 0.29) is 42.8 Å². The number of hydrogen-bond acceptors (Lipinski definition) is 12. The number of nitrogens with two attached hydrogens (primary N) is 1. The lowest BCUT2D eigenvalue weighted by molar-refractivity contribution is -0.307. The Labute approximate surface area is 241 Å². The van der Waals surface area contributed by atoms with E-state index in [1.807, 2.05) is 33.8 Å². The summed E-state index contributed by atoms with van der Waals surface area (Å²) < 4.78 is 18.0. The number of allylic oxidation sites excluding steroid dienone is 1. The molecule has 234 valence electrons. The largest absolute Gasteiger partial charge is 0.393 e. The summed E-state index contributed by atoms with van der Waals surface area (Å²) in [6, 6.07) is -1.13. The fourth-order valence-electron chi connectivity index (χ4n) is 5.81. The minimum Gasteiger partial charge on any atom is -0.393 e. The molecule has 2 saturated heterocycles. The Hall–Kier alpha value is -1.55. The third-order valence-electron chi connectivity index (χ3n) is 8.57. The lowest BCUT2D eigenvalue weighted by Crippen LogP contribution is -2.62. The van der Waals surface area contributed by atoms with Gasteiger partial charge in [0, 0.05) is 38.1 Å². The third kappa shape index (κ3) is 7.70. The first-order valence-corrected chi connectivity index (χ1v) is 14.7. The van der Waals surface area contributed by atoms with Gasteiger partial charge in [-0.3, -0.25) is 4.79 Å². The van der Waals surface area contributed by atoms with E-state index in [4.69, 9.17) is 19.9 Å². The van der Waals surface area contributed by atoms with Crippen molar-refractivity contribution >= 4 is 5.91 Å². The lowest BCUT2D eigenvalue weighted by atomic mass is 9.79. The van der Waals surface area contributed by atoms with E-state index in [1.165, 1.54) is 0 Å². The molecule has 1 aliphatic carbocycles. The Balaban J connectivity index is 1.55. The number of aliphatic hydroxyl groups is 5. The number of rotatable bonds is 11. The molecular formula is C28H48N4O9. The van der Waals surface area contributed by atoms with Crippen molar-refractivity contribution in [1.82, 2.24) is 5.32 Å². The Kier molecular flexibility index (Phi) is 9.94. The van der Waals surface area contributed by atoms with Gasteiger partial charge >= 0.3 is 0 Å². The molecule has 8 N–H and O–H groups in total. The summed E-state index contributed by atoms with van der Waals surface area (Å²) in [6.07, 6.45) is -3.80. The number of carbonyl (C=O) groups is 1. The number of nitrogens with one attached hydrogen (secondary N) is 1. The number of nitrogens with zero attached hydrogens (tertiary/aromatic N) is 2. The van der Waals surface area contributed by atoms with Gasteiger partial charge in [0.15, 0.2) is 17.7 Å². The van der Waals surface area contributed by atoms with Crippen molar-refractivity contribution in [2.45, 2.75) is 139 Å². The predicted molar refractivity (Wildman–Crippen MR) is 146 cm³/mol. The van der Waals surface area contributed by atoms with Crippen LogP contribution < -0.4 is 11.1 Å². The molecule has 11 atom stereocenters. The van der Waals surface area contributed by atoms with E-state index in [9.17, 15) is 30.3 Å². The highest BCUT2D eigenvalue weighted by atomic mass is 16.7. The van der Waals surface area contributed by atoms with Crippen molar-refractivity contribution in [2.75, 3.05) is 0 Å². The monoisotopic (exact) mass is 584 g/mol. The molecule has 13 nitrogen and oxygen atoms in total. The van der Waals surface area contributed by atoms with Crippen molar-refractivity contribution in [3.8, 4) is 0 Å². The summed E-state index contributed by atoms with van der Waals surface area (Å²) in [6.45, 7) is 9.19. The van der Waals surface area contributed by atoms with Gasteiger partial charge in [0.1, 0.15) is 6.10 Å². The minimum atomic E-state index is -1.88.